The van der Waals surface area contributed by atoms with E-state index in [-0.39, 0.29) is 23.8 Å². The van der Waals surface area contributed by atoms with Gasteiger partial charge in [0.15, 0.2) is 0 Å². The van der Waals surface area contributed by atoms with Crippen LogP contribution in [-0.4, -0.2) is 35.2 Å². The van der Waals surface area contributed by atoms with Crippen molar-refractivity contribution in [2.24, 2.45) is 11.3 Å². The predicted octanol–water partition coefficient (Wildman–Crippen LogP) is 4.71. The fraction of sp³-hybridized carbons (Fsp3) is 0.640. The summed E-state index contributed by atoms with van der Waals surface area (Å²) in [6.45, 7) is 2.66. The van der Waals surface area contributed by atoms with Crippen LogP contribution in [0.2, 0.25) is 0 Å². The summed E-state index contributed by atoms with van der Waals surface area (Å²) in [7, 11) is 0. The summed E-state index contributed by atoms with van der Waals surface area (Å²) in [6.07, 6.45) is 11.9. The summed E-state index contributed by atoms with van der Waals surface area (Å²) in [5.41, 5.74) is 1.37. The van der Waals surface area contributed by atoms with Crippen LogP contribution in [0.1, 0.15) is 98.3 Å². The Morgan fingerprint density at radius 1 is 1.00 bits per heavy atom. The molecule has 1 aliphatic heterocycles. The smallest absolute Gasteiger partial charge is 0.261 e. The van der Waals surface area contributed by atoms with E-state index in [2.05, 4.69) is 12.2 Å². The van der Waals surface area contributed by atoms with Crippen LogP contribution in [0, 0.1) is 11.3 Å². The molecule has 0 aromatic heterocycles. The fourth-order valence-corrected chi connectivity index (χ4v) is 5.75. The molecule has 30 heavy (non-hydrogen) atoms. The summed E-state index contributed by atoms with van der Waals surface area (Å²) in [6, 6.07) is 7.29. The lowest BCUT2D eigenvalue weighted by Gasteiger charge is -2.50. The van der Waals surface area contributed by atoms with Crippen LogP contribution < -0.4 is 5.32 Å². The fourth-order valence-electron chi connectivity index (χ4n) is 5.75. The zero-order valence-electron chi connectivity index (χ0n) is 18.1. The van der Waals surface area contributed by atoms with Gasteiger partial charge in [-0.05, 0) is 81.8 Å². The Morgan fingerprint density at radius 2 is 1.57 bits per heavy atom. The van der Waals surface area contributed by atoms with E-state index >= 15 is 0 Å². The quantitative estimate of drug-likeness (QED) is 0.474. The first-order valence-electron chi connectivity index (χ1n) is 11.7. The normalized spacial score (nSPS) is 26.0. The van der Waals surface area contributed by atoms with Gasteiger partial charge >= 0.3 is 0 Å². The highest BCUT2D eigenvalue weighted by atomic mass is 16.2. The molecule has 1 aromatic rings. The number of nitrogens with one attached hydrogen (secondary N) is 1. The highest BCUT2D eigenvalue weighted by Crippen LogP contribution is 2.52. The number of carbonyl (C=O) groups is 3. The number of amides is 3. The molecule has 5 nitrogen and oxygen atoms in total. The number of rotatable bonds is 9. The van der Waals surface area contributed by atoms with Gasteiger partial charge in [-0.1, -0.05) is 25.0 Å². The van der Waals surface area contributed by atoms with Crippen molar-refractivity contribution in [1.29, 1.82) is 0 Å². The second kappa shape index (κ2) is 8.91. The monoisotopic (exact) mass is 410 g/mol. The Bertz CT molecular complexity index is 762. The molecule has 1 atom stereocenters. The van der Waals surface area contributed by atoms with Crippen molar-refractivity contribution < 1.29 is 14.4 Å². The topological polar surface area (TPSA) is 66.5 Å². The van der Waals surface area contributed by atoms with E-state index in [1.54, 1.807) is 24.3 Å². The molecule has 1 aromatic carbocycles. The Hall–Kier alpha value is -2.17. The number of unbranched alkanes of at least 4 members (excludes halogenated alkanes) is 3. The molecule has 1 N–H and O–H groups in total. The van der Waals surface area contributed by atoms with Crippen LogP contribution in [-0.2, 0) is 4.79 Å². The molecule has 4 aliphatic rings. The van der Waals surface area contributed by atoms with Crippen molar-refractivity contribution in [3.05, 3.63) is 35.4 Å². The number of benzene rings is 1. The third kappa shape index (κ3) is 4.17. The Kier molecular flexibility index (Phi) is 6.26. The summed E-state index contributed by atoms with van der Waals surface area (Å²) >= 11 is 0. The zero-order valence-corrected chi connectivity index (χ0v) is 18.1. The number of hydrogen-bond acceptors (Lipinski definition) is 3. The van der Waals surface area contributed by atoms with Gasteiger partial charge in [-0.3, -0.25) is 19.3 Å². The van der Waals surface area contributed by atoms with Crippen LogP contribution in [0.5, 0.6) is 0 Å². The minimum Gasteiger partial charge on any atom is -0.353 e. The summed E-state index contributed by atoms with van der Waals surface area (Å²) in [5, 5.41) is 3.29. The molecular weight excluding hydrogens is 376 g/mol. The molecule has 5 rings (SSSR count). The van der Waals surface area contributed by atoms with E-state index < -0.39 is 0 Å². The average molecular weight is 411 g/mol. The van der Waals surface area contributed by atoms with Crippen molar-refractivity contribution in [1.82, 2.24) is 10.2 Å². The van der Waals surface area contributed by atoms with Crippen LogP contribution in [0.3, 0.4) is 0 Å². The molecule has 3 amide bonds. The Morgan fingerprint density at radius 3 is 2.17 bits per heavy atom. The number of imide groups is 1. The highest BCUT2D eigenvalue weighted by molar-refractivity contribution is 6.21. The maximum atomic E-state index is 12.4. The number of nitrogens with zero attached hydrogens (tertiary/aromatic N) is 1. The zero-order chi connectivity index (χ0) is 21.1. The molecule has 3 aliphatic carbocycles. The Labute approximate surface area is 179 Å². The largest absolute Gasteiger partial charge is 0.353 e. The van der Waals surface area contributed by atoms with Gasteiger partial charge in [0.05, 0.1) is 11.1 Å². The minimum atomic E-state index is -0.180. The van der Waals surface area contributed by atoms with Crippen molar-refractivity contribution in [2.45, 2.75) is 83.6 Å². The van der Waals surface area contributed by atoms with Gasteiger partial charge in [0, 0.05) is 19.0 Å². The van der Waals surface area contributed by atoms with Crippen LogP contribution in [0.25, 0.3) is 0 Å². The molecule has 3 saturated carbocycles. The lowest BCUT2D eigenvalue weighted by atomic mass is 9.58. The first kappa shape index (κ1) is 21.1. The van der Waals surface area contributed by atoms with Gasteiger partial charge in [0.25, 0.3) is 11.8 Å². The first-order valence-corrected chi connectivity index (χ1v) is 11.7. The third-order valence-electron chi connectivity index (χ3n) is 7.86. The van der Waals surface area contributed by atoms with Crippen LogP contribution >= 0.6 is 0 Å². The highest BCUT2D eigenvalue weighted by Gasteiger charge is 2.44. The molecular formula is C25H34N2O3. The molecule has 1 heterocycles. The van der Waals surface area contributed by atoms with Crippen molar-refractivity contribution in [3.8, 4) is 0 Å². The third-order valence-corrected chi connectivity index (χ3v) is 7.86. The minimum absolute atomic E-state index is 0.171. The first-order chi connectivity index (χ1) is 14.5. The molecule has 162 valence electrons. The summed E-state index contributed by atoms with van der Waals surface area (Å²) in [4.78, 5) is 38.5. The summed E-state index contributed by atoms with van der Waals surface area (Å²) < 4.78 is 0. The van der Waals surface area contributed by atoms with Crippen LogP contribution in [0.15, 0.2) is 24.3 Å². The lowest BCUT2D eigenvalue weighted by Crippen LogP contribution is -2.50. The molecule has 0 radical (unpaired) electrons. The van der Waals surface area contributed by atoms with E-state index in [1.807, 2.05) is 0 Å². The number of carbonyl (C=O) groups excluding carboxylic acids is 3. The predicted molar refractivity (Wildman–Crippen MR) is 116 cm³/mol. The second-order valence-corrected chi connectivity index (χ2v) is 9.61. The second-order valence-electron chi connectivity index (χ2n) is 9.61. The van der Waals surface area contributed by atoms with E-state index in [4.69, 9.17) is 0 Å². The maximum absolute atomic E-state index is 12.4. The van der Waals surface area contributed by atoms with E-state index in [0.717, 1.165) is 31.6 Å². The SMILES string of the molecule is C[C@@H](NC(=O)CCCCCCN1C(=O)c2ccccc2C1=O)C12CCC(CC1)CC2. The standard InChI is InChI=1S/C25H34N2O3/c1-18(25-14-11-19(12-15-25)13-16-25)26-22(28)10-4-2-3-7-17-27-23(29)20-8-5-6-9-21(20)24(27)30/h5-6,8-9,18-19H,2-4,7,10-17H2,1H3,(H,26,28)/t18-,19?,25?/m1/s1. The lowest BCUT2D eigenvalue weighted by molar-refractivity contribution is -0.123. The average Bonchev–Trinajstić information content (AvgIpc) is 3.02. The van der Waals surface area contributed by atoms with Gasteiger partial charge in [0.1, 0.15) is 0 Å². The van der Waals surface area contributed by atoms with Gasteiger partial charge in [-0.15, -0.1) is 0 Å². The van der Waals surface area contributed by atoms with E-state index in [9.17, 15) is 14.4 Å². The van der Waals surface area contributed by atoms with Crippen molar-refractivity contribution in [3.63, 3.8) is 0 Å². The van der Waals surface area contributed by atoms with Crippen LogP contribution in [0.4, 0.5) is 0 Å². The molecule has 5 heteroatoms. The van der Waals surface area contributed by atoms with Crippen molar-refractivity contribution >= 4 is 17.7 Å². The van der Waals surface area contributed by atoms with Crippen molar-refractivity contribution in [2.75, 3.05) is 6.54 Å². The van der Waals surface area contributed by atoms with Gasteiger partial charge in [-0.2, -0.15) is 0 Å². The molecule has 3 fully saturated rings. The molecule has 0 spiro atoms. The number of hydrogen-bond donors (Lipinski definition) is 1. The van der Waals surface area contributed by atoms with Gasteiger partial charge < -0.3 is 5.32 Å². The molecule has 0 saturated heterocycles. The maximum Gasteiger partial charge on any atom is 0.261 e. The number of fused-ring (bicyclic) bond motifs is 4. The van der Waals surface area contributed by atoms with Gasteiger partial charge in [0.2, 0.25) is 5.91 Å². The van der Waals surface area contributed by atoms with Gasteiger partial charge in [-0.25, -0.2) is 0 Å². The Balaban J connectivity index is 1.12. The molecule has 0 unspecified atom stereocenters. The molecule has 2 bridgehead atoms. The van der Waals surface area contributed by atoms with E-state index in [1.165, 1.54) is 43.4 Å². The summed E-state index contributed by atoms with van der Waals surface area (Å²) in [5.74, 6) is 0.750. The van der Waals surface area contributed by atoms with E-state index in [0.29, 0.717) is 29.5 Å².